The summed E-state index contributed by atoms with van der Waals surface area (Å²) in [7, 11) is 0. The zero-order chi connectivity index (χ0) is 20.1. The van der Waals surface area contributed by atoms with Crippen LogP contribution in [-0.4, -0.2) is 52.2 Å². The normalized spacial score (nSPS) is 20.3. The van der Waals surface area contributed by atoms with Crippen LogP contribution in [0.15, 0.2) is 22.7 Å². The van der Waals surface area contributed by atoms with Gasteiger partial charge in [-0.05, 0) is 43.0 Å². The molecular weight excluding hydrogens is 406 g/mol. The van der Waals surface area contributed by atoms with E-state index in [1.807, 2.05) is 17.5 Å². The number of rotatable bonds is 8. The molecule has 1 amide bonds. The van der Waals surface area contributed by atoms with E-state index in [1.165, 1.54) is 24.6 Å². The first-order valence-electron chi connectivity index (χ1n) is 10.4. The highest BCUT2D eigenvalue weighted by molar-refractivity contribution is 7.99. The van der Waals surface area contributed by atoms with Crippen molar-refractivity contribution in [3.8, 4) is 0 Å². The van der Waals surface area contributed by atoms with Gasteiger partial charge in [-0.2, -0.15) is 0 Å². The molecule has 7 nitrogen and oxygen atoms in total. The number of nitrogens with one attached hydrogen (secondary N) is 1. The van der Waals surface area contributed by atoms with Crippen molar-refractivity contribution in [1.82, 2.24) is 20.1 Å². The lowest BCUT2D eigenvalue weighted by Gasteiger charge is -2.31. The molecule has 0 unspecified atom stereocenters. The number of amides is 1. The topological polar surface area (TPSA) is 72.3 Å². The minimum Gasteiger partial charge on any atom is -0.376 e. The molecule has 2 fully saturated rings. The Morgan fingerprint density at radius 3 is 2.93 bits per heavy atom. The van der Waals surface area contributed by atoms with E-state index in [4.69, 9.17) is 4.74 Å². The highest BCUT2D eigenvalue weighted by Crippen LogP contribution is 2.28. The fourth-order valence-corrected chi connectivity index (χ4v) is 5.18. The molecule has 4 heterocycles. The summed E-state index contributed by atoms with van der Waals surface area (Å²) in [4.78, 5) is 15.8. The molecule has 2 aromatic heterocycles. The number of nitrogens with zero attached hydrogens (tertiary/aromatic N) is 4. The number of hydrogen-bond acceptors (Lipinski definition) is 7. The second-order valence-corrected chi connectivity index (χ2v) is 9.82. The fraction of sp³-hybridized carbons (Fsp3) is 0.650. The summed E-state index contributed by atoms with van der Waals surface area (Å²) in [6, 6.07) is 4.03. The summed E-state index contributed by atoms with van der Waals surface area (Å²) in [5, 5.41) is 14.7. The van der Waals surface area contributed by atoms with Gasteiger partial charge >= 0.3 is 0 Å². The van der Waals surface area contributed by atoms with Gasteiger partial charge in [0.2, 0.25) is 11.9 Å². The molecule has 158 valence electrons. The van der Waals surface area contributed by atoms with Gasteiger partial charge in [0.15, 0.2) is 5.16 Å². The van der Waals surface area contributed by atoms with Crippen molar-refractivity contribution in [2.24, 2.45) is 5.92 Å². The van der Waals surface area contributed by atoms with Crippen LogP contribution in [0, 0.1) is 5.92 Å². The molecule has 2 aliphatic rings. The van der Waals surface area contributed by atoms with Gasteiger partial charge in [-0.15, -0.1) is 21.5 Å². The van der Waals surface area contributed by atoms with Crippen molar-refractivity contribution in [3.63, 3.8) is 0 Å². The van der Waals surface area contributed by atoms with Crippen LogP contribution in [0.25, 0.3) is 0 Å². The zero-order valence-electron chi connectivity index (χ0n) is 16.9. The molecule has 2 saturated heterocycles. The van der Waals surface area contributed by atoms with Crippen molar-refractivity contribution in [3.05, 3.63) is 22.4 Å². The maximum atomic E-state index is 12.3. The predicted octanol–water partition coefficient (Wildman–Crippen LogP) is 3.16. The SMILES string of the molecule is CC1CCN(c2nnc(SCC(=O)NCc3cccs3)n2C[C@@H]2CCCO2)CC1. The van der Waals surface area contributed by atoms with Crippen molar-refractivity contribution in [2.75, 3.05) is 30.3 Å². The number of carbonyl (C=O) groups is 1. The maximum Gasteiger partial charge on any atom is 0.230 e. The zero-order valence-corrected chi connectivity index (χ0v) is 18.5. The minimum atomic E-state index is 0.0170. The molecule has 0 radical (unpaired) electrons. The molecule has 0 spiro atoms. The first kappa shape index (κ1) is 20.7. The van der Waals surface area contributed by atoms with Crippen LogP contribution in [0.5, 0.6) is 0 Å². The van der Waals surface area contributed by atoms with Crippen LogP contribution in [0.4, 0.5) is 5.95 Å². The summed E-state index contributed by atoms with van der Waals surface area (Å²) in [6.07, 6.45) is 4.75. The van der Waals surface area contributed by atoms with Gasteiger partial charge in [-0.1, -0.05) is 24.8 Å². The second kappa shape index (κ2) is 9.95. The smallest absolute Gasteiger partial charge is 0.230 e. The van der Waals surface area contributed by atoms with E-state index in [1.54, 1.807) is 11.3 Å². The van der Waals surface area contributed by atoms with Crippen molar-refractivity contribution in [1.29, 1.82) is 0 Å². The molecule has 0 aromatic carbocycles. The standard InChI is InChI=1S/C20H29N5O2S2/c1-15-6-8-24(9-7-15)19-22-23-20(25(19)13-16-4-2-10-27-16)29-14-18(26)21-12-17-5-3-11-28-17/h3,5,11,15-16H,2,4,6-10,12-14H2,1H3,(H,21,26)/t16-/m0/s1. The summed E-state index contributed by atoms with van der Waals surface area (Å²) in [6.45, 7) is 6.50. The lowest BCUT2D eigenvalue weighted by Crippen LogP contribution is -2.35. The summed E-state index contributed by atoms with van der Waals surface area (Å²) in [5.74, 6) is 2.05. The van der Waals surface area contributed by atoms with Crippen LogP contribution in [-0.2, 0) is 22.6 Å². The Morgan fingerprint density at radius 1 is 1.34 bits per heavy atom. The van der Waals surface area contributed by atoms with E-state index in [0.717, 1.165) is 61.0 Å². The summed E-state index contributed by atoms with van der Waals surface area (Å²) < 4.78 is 8.03. The van der Waals surface area contributed by atoms with Gasteiger partial charge in [-0.3, -0.25) is 9.36 Å². The molecule has 1 N–H and O–H groups in total. The van der Waals surface area contributed by atoms with Crippen molar-refractivity contribution in [2.45, 2.75) is 57.0 Å². The molecule has 2 aliphatic heterocycles. The lowest BCUT2D eigenvalue weighted by molar-refractivity contribution is -0.118. The fourth-order valence-electron chi connectivity index (χ4n) is 3.76. The van der Waals surface area contributed by atoms with Crippen LogP contribution in [0.2, 0.25) is 0 Å². The quantitative estimate of drug-likeness (QED) is 0.642. The molecule has 0 bridgehead atoms. The number of piperidine rings is 1. The third-order valence-electron chi connectivity index (χ3n) is 5.55. The van der Waals surface area contributed by atoms with Crippen LogP contribution >= 0.6 is 23.1 Å². The Bertz CT molecular complexity index is 781. The van der Waals surface area contributed by atoms with E-state index >= 15 is 0 Å². The first-order valence-corrected chi connectivity index (χ1v) is 12.3. The molecule has 0 saturated carbocycles. The van der Waals surface area contributed by atoms with E-state index in [9.17, 15) is 4.79 Å². The van der Waals surface area contributed by atoms with Crippen molar-refractivity contribution >= 4 is 35.0 Å². The number of thiophene rings is 1. The largest absolute Gasteiger partial charge is 0.376 e. The summed E-state index contributed by atoms with van der Waals surface area (Å²) >= 11 is 3.11. The Hall–Kier alpha value is -1.58. The van der Waals surface area contributed by atoms with Gasteiger partial charge < -0.3 is 15.0 Å². The number of ether oxygens (including phenoxy) is 1. The van der Waals surface area contributed by atoms with E-state index in [2.05, 4.69) is 31.9 Å². The average molecular weight is 436 g/mol. The highest BCUT2D eigenvalue weighted by atomic mass is 32.2. The number of carbonyl (C=O) groups excluding carboxylic acids is 1. The van der Waals surface area contributed by atoms with E-state index < -0.39 is 0 Å². The summed E-state index contributed by atoms with van der Waals surface area (Å²) in [5.41, 5.74) is 0. The molecule has 4 rings (SSSR count). The average Bonchev–Trinajstić information content (AvgIpc) is 3.49. The maximum absolute atomic E-state index is 12.3. The van der Waals surface area contributed by atoms with Gasteiger partial charge in [-0.25, -0.2) is 0 Å². The van der Waals surface area contributed by atoms with E-state index in [0.29, 0.717) is 12.3 Å². The minimum absolute atomic E-state index is 0.0170. The van der Waals surface area contributed by atoms with Crippen molar-refractivity contribution < 1.29 is 9.53 Å². The predicted molar refractivity (Wildman–Crippen MR) is 116 cm³/mol. The van der Waals surface area contributed by atoms with Crippen LogP contribution in [0.3, 0.4) is 0 Å². The van der Waals surface area contributed by atoms with Gasteiger partial charge in [0, 0.05) is 24.6 Å². The second-order valence-electron chi connectivity index (χ2n) is 7.84. The Balaban J connectivity index is 1.40. The number of hydrogen-bond donors (Lipinski definition) is 1. The first-order chi connectivity index (χ1) is 14.2. The molecule has 1 atom stereocenters. The van der Waals surface area contributed by atoms with Gasteiger partial charge in [0.25, 0.3) is 0 Å². The Kier molecular flexibility index (Phi) is 7.10. The Labute approximate surface area is 180 Å². The van der Waals surface area contributed by atoms with Gasteiger partial charge in [0.1, 0.15) is 0 Å². The monoisotopic (exact) mass is 435 g/mol. The third kappa shape index (κ3) is 5.52. The molecular formula is C20H29N5O2S2. The third-order valence-corrected chi connectivity index (χ3v) is 7.39. The highest BCUT2D eigenvalue weighted by Gasteiger charge is 2.26. The van der Waals surface area contributed by atoms with Crippen LogP contribution < -0.4 is 10.2 Å². The number of aromatic nitrogens is 3. The molecule has 9 heteroatoms. The number of anilines is 1. The number of thioether (sulfide) groups is 1. The molecule has 29 heavy (non-hydrogen) atoms. The Morgan fingerprint density at radius 2 is 2.21 bits per heavy atom. The van der Waals surface area contributed by atoms with E-state index in [-0.39, 0.29) is 12.0 Å². The molecule has 0 aliphatic carbocycles. The lowest BCUT2D eigenvalue weighted by atomic mass is 10.00. The van der Waals surface area contributed by atoms with Crippen LogP contribution in [0.1, 0.15) is 37.5 Å². The van der Waals surface area contributed by atoms with Gasteiger partial charge in [0.05, 0.1) is 24.9 Å². The molecule has 2 aromatic rings.